The third-order valence-electron chi connectivity index (χ3n) is 2.33. The number of methoxy groups -OCH3 is 1. The van der Waals surface area contributed by atoms with Crippen LogP contribution in [0, 0.1) is 0 Å². The van der Waals surface area contributed by atoms with E-state index in [4.69, 9.17) is 9.84 Å². The number of hydrogen-bond donors (Lipinski definition) is 3. The molecule has 19 heavy (non-hydrogen) atoms. The van der Waals surface area contributed by atoms with Crippen LogP contribution in [0.15, 0.2) is 11.6 Å². The number of rotatable bonds is 8. The van der Waals surface area contributed by atoms with E-state index in [9.17, 15) is 9.59 Å². The van der Waals surface area contributed by atoms with Gasteiger partial charge in [0.1, 0.15) is 11.0 Å². The summed E-state index contributed by atoms with van der Waals surface area (Å²) >= 11 is 1.42. The molecule has 7 nitrogen and oxygen atoms in total. The molecule has 3 N–H and O–H groups in total. The molecule has 0 aromatic carbocycles. The lowest BCUT2D eigenvalue weighted by Crippen LogP contribution is -2.45. The SMILES string of the molecule is COCCCC(NC(=O)NCc1nccs1)C(=O)O. The zero-order valence-electron chi connectivity index (χ0n) is 10.6. The molecule has 0 aliphatic carbocycles. The summed E-state index contributed by atoms with van der Waals surface area (Å²) in [5.41, 5.74) is 0. The highest BCUT2D eigenvalue weighted by Gasteiger charge is 2.19. The van der Waals surface area contributed by atoms with Gasteiger partial charge in [-0.1, -0.05) is 0 Å². The van der Waals surface area contributed by atoms with Crippen LogP contribution in [0.25, 0.3) is 0 Å². The van der Waals surface area contributed by atoms with Crippen LogP contribution in [0.1, 0.15) is 17.8 Å². The van der Waals surface area contributed by atoms with E-state index in [0.717, 1.165) is 5.01 Å². The van der Waals surface area contributed by atoms with Crippen LogP contribution in [0.2, 0.25) is 0 Å². The first kappa shape index (κ1) is 15.4. The summed E-state index contributed by atoms with van der Waals surface area (Å²) in [5, 5.41) is 16.5. The maximum absolute atomic E-state index is 11.5. The highest BCUT2D eigenvalue weighted by molar-refractivity contribution is 7.09. The molecule has 1 aromatic rings. The summed E-state index contributed by atoms with van der Waals surface area (Å²) in [7, 11) is 1.55. The van der Waals surface area contributed by atoms with Crippen LogP contribution in [0.3, 0.4) is 0 Å². The van der Waals surface area contributed by atoms with Crippen molar-refractivity contribution in [2.75, 3.05) is 13.7 Å². The molecule has 1 heterocycles. The smallest absolute Gasteiger partial charge is 0.326 e. The van der Waals surface area contributed by atoms with Crippen molar-refractivity contribution >= 4 is 23.3 Å². The van der Waals surface area contributed by atoms with Gasteiger partial charge in [-0.05, 0) is 12.8 Å². The molecule has 1 aromatic heterocycles. The van der Waals surface area contributed by atoms with Crippen molar-refractivity contribution in [1.82, 2.24) is 15.6 Å². The minimum atomic E-state index is -1.06. The average Bonchev–Trinajstić information content (AvgIpc) is 2.88. The van der Waals surface area contributed by atoms with E-state index in [1.165, 1.54) is 11.3 Å². The van der Waals surface area contributed by atoms with E-state index in [1.54, 1.807) is 18.7 Å². The molecule has 0 spiro atoms. The number of amides is 2. The van der Waals surface area contributed by atoms with E-state index < -0.39 is 18.0 Å². The van der Waals surface area contributed by atoms with Crippen molar-refractivity contribution in [3.8, 4) is 0 Å². The first-order valence-electron chi connectivity index (χ1n) is 5.78. The monoisotopic (exact) mass is 287 g/mol. The zero-order chi connectivity index (χ0) is 14.1. The molecule has 0 radical (unpaired) electrons. The molecule has 0 bridgehead atoms. The largest absolute Gasteiger partial charge is 0.480 e. The first-order valence-corrected chi connectivity index (χ1v) is 6.66. The molecule has 0 fully saturated rings. The predicted octanol–water partition coefficient (Wildman–Crippen LogP) is 0.822. The van der Waals surface area contributed by atoms with Crippen LogP contribution in [0.4, 0.5) is 4.79 Å². The lowest BCUT2D eigenvalue weighted by molar-refractivity contribution is -0.139. The third-order valence-corrected chi connectivity index (χ3v) is 3.11. The number of carboxylic acid groups (broad SMARTS) is 1. The van der Waals surface area contributed by atoms with Crippen molar-refractivity contribution in [2.45, 2.75) is 25.4 Å². The molecular formula is C11H17N3O4S. The van der Waals surface area contributed by atoms with E-state index in [2.05, 4.69) is 15.6 Å². The minimum Gasteiger partial charge on any atom is -0.480 e. The Morgan fingerprint density at radius 2 is 2.37 bits per heavy atom. The molecule has 0 saturated carbocycles. The third kappa shape index (κ3) is 6.16. The summed E-state index contributed by atoms with van der Waals surface area (Å²) in [6, 6.07) is -1.42. The van der Waals surface area contributed by atoms with Gasteiger partial charge in [0.05, 0.1) is 6.54 Å². The van der Waals surface area contributed by atoms with Crippen LogP contribution < -0.4 is 10.6 Å². The van der Waals surface area contributed by atoms with Crippen LogP contribution in [-0.2, 0) is 16.1 Å². The van der Waals surface area contributed by atoms with Crippen molar-refractivity contribution < 1.29 is 19.4 Å². The Labute approximate surface area is 115 Å². The Morgan fingerprint density at radius 1 is 1.58 bits per heavy atom. The van der Waals surface area contributed by atoms with Gasteiger partial charge in [-0.15, -0.1) is 11.3 Å². The van der Waals surface area contributed by atoms with Gasteiger partial charge >= 0.3 is 12.0 Å². The molecule has 0 aliphatic rings. The van der Waals surface area contributed by atoms with Gasteiger partial charge in [0.2, 0.25) is 0 Å². The lowest BCUT2D eigenvalue weighted by Gasteiger charge is -2.14. The van der Waals surface area contributed by atoms with Crippen molar-refractivity contribution in [1.29, 1.82) is 0 Å². The average molecular weight is 287 g/mol. The summed E-state index contributed by atoms with van der Waals surface area (Å²) in [6.07, 6.45) is 2.54. The number of carbonyl (C=O) groups is 2. The standard InChI is InChI=1S/C11H17N3O4S/c1-18-5-2-3-8(10(15)16)14-11(17)13-7-9-12-4-6-19-9/h4,6,8H,2-3,5,7H2,1H3,(H,15,16)(H2,13,14,17). The number of nitrogens with one attached hydrogen (secondary N) is 2. The van der Waals surface area contributed by atoms with E-state index in [-0.39, 0.29) is 6.54 Å². The lowest BCUT2D eigenvalue weighted by atomic mass is 10.1. The highest BCUT2D eigenvalue weighted by Crippen LogP contribution is 2.03. The number of ether oxygens (including phenoxy) is 1. The number of aliphatic carboxylic acids is 1. The van der Waals surface area contributed by atoms with Crippen molar-refractivity contribution in [3.05, 3.63) is 16.6 Å². The van der Waals surface area contributed by atoms with Gasteiger partial charge in [0.25, 0.3) is 0 Å². The fourth-order valence-electron chi connectivity index (χ4n) is 1.39. The molecule has 106 valence electrons. The second-order valence-corrected chi connectivity index (χ2v) is 4.76. The summed E-state index contributed by atoms with van der Waals surface area (Å²) in [5.74, 6) is -1.06. The molecule has 2 amide bonds. The Bertz CT molecular complexity index is 397. The van der Waals surface area contributed by atoms with Crippen LogP contribution in [-0.4, -0.2) is 41.8 Å². The van der Waals surface area contributed by atoms with Crippen molar-refractivity contribution in [2.24, 2.45) is 0 Å². The fraction of sp³-hybridized carbons (Fsp3) is 0.545. The van der Waals surface area contributed by atoms with Crippen molar-refractivity contribution in [3.63, 3.8) is 0 Å². The topological polar surface area (TPSA) is 101 Å². The Balaban J connectivity index is 2.32. The van der Waals surface area contributed by atoms with Gasteiger partial charge in [-0.2, -0.15) is 0 Å². The molecular weight excluding hydrogens is 270 g/mol. The number of aromatic nitrogens is 1. The number of thiazole rings is 1. The second-order valence-electron chi connectivity index (χ2n) is 3.78. The van der Waals surface area contributed by atoms with E-state index in [0.29, 0.717) is 19.4 Å². The van der Waals surface area contributed by atoms with Crippen LogP contribution in [0.5, 0.6) is 0 Å². The van der Waals surface area contributed by atoms with Gasteiger partial charge in [-0.25, -0.2) is 14.6 Å². The maximum atomic E-state index is 11.5. The number of carbonyl (C=O) groups excluding carboxylic acids is 1. The van der Waals surface area contributed by atoms with Crippen LogP contribution >= 0.6 is 11.3 Å². The second kappa shape index (κ2) is 8.44. The minimum absolute atomic E-state index is 0.286. The summed E-state index contributed by atoms with van der Waals surface area (Å²) in [6.45, 7) is 0.750. The molecule has 1 atom stereocenters. The fourth-order valence-corrected chi connectivity index (χ4v) is 1.95. The molecule has 1 unspecified atom stereocenters. The predicted molar refractivity (Wildman–Crippen MR) is 70.0 cm³/mol. The Hall–Kier alpha value is -1.67. The number of hydrogen-bond acceptors (Lipinski definition) is 5. The number of nitrogens with zero attached hydrogens (tertiary/aromatic N) is 1. The normalized spacial score (nSPS) is 11.8. The Kier molecular flexibility index (Phi) is 6.83. The molecule has 0 saturated heterocycles. The summed E-state index contributed by atoms with van der Waals surface area (Å²) < 4.78 is 4.85. The maximum Gasteiger partial charge on any atom is 0.326 e. The molecule has 8 heteroatoms. The highest BCUT2D eigenvalue weighted by atomic mass is 32.1. The van der Waals surface area contributed by atoms with Gasteiger partial charge in [0, 0.05) is 25.3 Å². The summed E-state index contributed by atoms with van der Waals surface area (Å²) in [4.78, 5) is 26.5. The molecule has 0 aliphatic heterocycles. The quantitative estimate of drug-likeness (QED) is 0.615. The van der Waals surface area contributed by atoms with E-state index >= 15 is 0 Å². The van der Waals surface area contributed by atoms with Gasteiger partial charge in [-0.3, -0.25) is 0 Å². The number of urea groups is 1. The number of carboxylic acids is 1. The zero-order valence-corrected chi connectivity index (χ0v) is 11.4. The van der Waals surface area contributed by atoms with E-state index in [1.807, 2.05) is 0 Å². The Morgan fingerprint density at radius 3 is 2.95 bits per heavy atom. The molecule has 1 rings (SSSR count). The first-order chi connectivity index (χ1) is 9.13. The van der Waals surface area contributed by atoms with Gasteiger partial charge in [0.15, 0.2) is 0 Å². The van der Waals surface area contributed by atoms with Gasteiger partial charge < -0.3 is 20.5 Å².